The number of thioether (sulfide) groups is 2. The van der Waals surface area contributed by atoms with E-state index in [9.17, 15) is 0 Å². The lowest BCUT2D eigenvalue weighted by Crippen LogP contribution is -2.18. The Bertz CT molecular complexity index is 180. The molecule has 0 amide bonds. The van der Waals surface area contributed by atoms with Crippen LogP contribution >= 0.6 is 45.1 Å². The summed E-state index contributed by atoms with van der Waals surface area (Å²) in [5.74, 6) is 0.753. The van der Waals surface area contributed by atoms with Gasteiger partial charge < -0.3 is 0 Å². The molecule has 0 aromatic rings. The van der Waals surface area contributed by atoms with Gasteiger partial charge in [0.2, 0.25) is 0 Å². The van der Waals surface area contributed by atoms with Crippen molar-refractivity contribution < 1.29 is 0 Å². The predicted octanol–water partition coefficient (Wildman–Crippen LogP) is 5.30. The Morgan fingerprint density at radius 3 is 1.50 bits per heavy atom. The third-order valence-corrected chi connectivity index (χ3v) is 10.4. The van der Waals surface area contributed by atoms with Crippen LogP contribution in [0.2, 0.25) is 0 Å². The molecule has 0 saturated carbocycles. The van der Waals surface area contributed by atoms with Crippen molar-refractivity contribution in [3.05, 3.63) is 0 Å². The Balaban J connectivity index is 2.76. The summed E-state index contributed by atoms with van der Waals surface area (Å²) in [7, 11) is 4.06. The van der Waals surface area contributed by atoms with Gasteiger partial charge >= 0.3 is 0 Å². The molecule has 1 fully saturated rings. The lowest BCUT2D eigenvalue weighted by Gasteiger charge is -2.27. The number of rotatable bonds is 1. The van der Waals surface area contributed by atoms with Crippen LogP contribution in [0.1, 0.15) is 41.5 Å². The van der Waals surface area contributed by atoms with Gasteiger partial charge in [-0.05, 0) is 33.6 Å². The first-order valence-corrected chi connectivity index (χ1v) is 8.85. The summed E-state index contributed by atoms with van der Waals surface area (Å²) in [6, 6.07) is 0. The normalized spacial score (nSPS) is 27.6. The van der Waals surface area contributed by atoms with Gasteiger partial charge in [0.25, 0.3) is 0 Å². The SMILES string of the molecule is CC(C)C1SC(C)(C)SSC(C)(C)S1. The van der Waals surface area contributed by atoms with Gasteiger partial charge in [-0.25, -0.2) is 0 Å². The van der Waals surface area contributed by atoms with Gasteiger partial charge in [0.15, 0.2) is 0 Å². The standard InChI is InChI=1S/C10H20S4/c1-7(2)8-11-9(3,4)13-14-10(5,6)12-8/h7-8H,1-6H3. The van der Waals surface area contributed by atoms with Crippen molar-refractivity contribution in [3.63, 3.8) is 0 Å². The fourth-order valence-corrected chi connectivity index (χ4v) is 8.62. The Kier molecular flexibility index (Phi) is 4.54. The van der Waals surface area contributed by atoms with Crippen molar-refractivity contribution >= 4 is 45.1 Å². The molecule has 1 saturated heterocycles. The molecule has 0 nitrogen and oxygen atoms in total. The average molecular weight is 269 g/mol. The summed E-state index contributed by atoms with van der Waals surface area (Å²) in [5.41, 5.74) is 0. The quantitative estimate of drug-likeness (QED) is 0.591. The molecular weight excluding hydrogens is 248 g/mol. The van der Waals surface area contributed by atoms with E-state index in [2.05, 4.69) is 65.1 Å². The molecule has 0 aromatic carbocycles. The van der Waals surface area contributed by atoms with E-state index in [4.69, 9.17) is 0 Å². The lowest BCUT2D eigenvalue weighted by molar-refractivity contribution is 0.714. The monoisotopic (exact) mass is 268 g/mol. The van der Waals surface area contributed by atoms with E-state index < -0.39 is 0 Å². The Morgan fingerprint density at radius 2 is 1.21 bits per heavy atom. The molecular formula is C10H20S4. The highest BCUT2D eigenvalue weighted by atomic mass is 33.1. The minimum absolute atomic E-state index is 0.348. The van der Waals surface area contributed by atoms with Crippen LogP contribution in [-0.4, -0.2) is 12.7 Å². The van der Waals surface area contributed by atoms with Crippen molar-refractivity contribution in [3.8, 4) is 0 Å². The molecule has 1 heterocycles. The summed E-state index contributed by atoms with van der Waals surface area (Å²) in [6.07, 6.45) is 0. The smallest absolute Gasteiger partial charge is 0.0670 e. The molecule has 4 heteroatoms. The minimum Gasteiger partial charge on any atom is -0.129 e. The van der Waals surface area contributed by atoms with Crippen molar-refractivity contribution in [1.82, 2.24) is 0 Å². The molecule has 0 spiro atoms. The molecule has 1 aliphatic heterocycles. The molecule has 1 aliphatic rings. The first-order valence-electron chi connectivity index (χ1n) is 4.94. The van der Waals surface area contributed by atoms with Crippen molar-refractivity contribution in [2.75, 3.05) is 0 Å². The zero-order valence-corrected chi connectivity index (χ0v) is 13.1. The zero-order valence-electron chi connectivity index (χ0n) is 9.79. The van der Waals surface area contributed by atoms with Gasteiger partial charge in [-0.15, -0.1) is 23.5 Å². The van der Waals surface area contributed by atoms with Gasteiger partial charge in [-0.3, -0.25) is 0 Å². The second-order valence-corrected chi connectivity index (χ2v) is 12.5. The third-order valence-electron chi connectivity index (χ3n) is 1.79. The van der Waals surface area contributed by atoms with Crippen molar-refractivity contribution in [1.29, 1.82) is 0 Å². The van der Waals surface area contributed by atoms with Crippen LogP contribution in [0.25, 0.3) is 0 Å². The fraction of sp³-hybridized carbons (Fsp3) is 1.00. The topological polar surface area (TPSA) is 0 Å². The van der Waals surface area contributed by atoms with Crippen LogP contribution in [0.4, 0.5) is 0 Å². The van der Waals surface area contributed by atoms with Gasteiger partial charge in [-0.2, -0.15) is 0 Å². The van der Waals surface area contributed by atoms with Crippen molar-refractivity contribution in [2.45, 2.75) is 54.3 Å². The molecule has 0 aliphatic carbocycles. The summed E-state index contributed by atoms with van der Waals surface area (Å²) >= 11 is 4.25. The maximum atomic E-state index is 2.34. The molecule has 84 valence electrons. The van der Waals surface area contributed by atoms with Crippen molar-refractivity contribution in [2.24, 2.45) is 5.92 Å². The Morgan fingerprint density at radius 1 is 0.857 bits per heavy atom. The van der Waals surface area contributed by atoms with E-state index in [0.717, 1.165) is 10.5 Å². The highest BCUT2D eigenvalue weighted by Gasteiger charge is 2.37. The lowest BCUT2D eigenvalue weighted by atomic mass is 10.3. The average Bonchev–Trinajstić information content (AvgIpc) is 2.08. The van der Waals surface area contributed by atoms with Crippen LogP contribution < -0.4 is 0 Å². The molecule has 0 bridgehead atoms. The molecule has 0 aromatic heterocycles. The zero-order chi connectivity index (χ0) is 11.0. The van der Waals surface area contributed by atoms with Crippen LogP contribution in [0.15, 0.2) is 0 Å². The van der Waals surface area contributed by atoms with E-state index in [0.29, 0.717) is 8.16 Å². The summed E-state index contributed by atoms with van der Waals surface area (Å²) in [4.78, 5) is 0. The number of hydrogen-bond acceptors (Lipinski definition) is 4. The summed E-state index contributed by atoms with van der Waals surface area (Å²) in [5, 5.41) is 0. The van der Waals surface area contributed by atoms with Crippen LogP contribution in [-0.2, 0) is 0 Å². The van der Waals surface area contributed by atoms with E-state index in [1.165, 1.54) is 0 Å². The van der Waals surface area contributed by atoms with E-state index in [-0.39, 0.29) is 0 Å². The summed E-state index contributed by atoms with van der Waals surface area (Å²) in [6.45, 7) is 14.0. The third kappa shape index (κ3) is 4.11. The van der Waals surface area contributed by atoms with Crippen LogP contribution in [0.5, 0.6) is 0 Å². The van der Waals surface area contributed by atoms with Gasteiger partial charge in [0.1, 0.15) is 0 Å². The number of hydrogen-bond donors (Lipinski definition) is 0. The second-order valence-electron chi connectivity index (χ2n) is 4.81. The first-order chi connectivity index (χ1) is 6.22. The molecule has 0 atom stereocenters. The highest BCUT2D eigenvalue weighted by molar-refractivity contribution is 8.81. The maximum Gasteiger partial charge on any atom is 0.0670 e. The van der Waals surface area contributed by atoms with E-state index in [1.54, 1.807) is 0 Å². The predicted molar refractivity (Wildman–Crippen MR) is 77.1 cm³/mol. The first kappa shape index (κ1) is 13.5. The molecule has 0 radical (unpaired) electrons. The molecule has 0 N–H and O–H groups in total. The molecule has 1 rings (SSSR count). The van der Waals surface area contributed by atoms with Gasteiger partial charge in [-0.1, -0.05) is 35.4 Å². The minimum atomic E-state index is 0.348. The van der Waals surface area contributed by atoms with Crippen LogP contribution in [0, 0.1) is 5.92 Å². The second kappa shape index (κ2) is 4.72. The Labute approximate surface area is 105 Å². The maximum absolute atomic E-state index is 2.34. The summed E-state index contributed by atoms with van der Waals surface area (Å²) < 4.78 is 1.42. The largest absolute Gasteiger partial charge is 0.129 e. The fourth-order valence-electron chi connectivity index (χ4n) is 1.10. The highest BCUT2D eigenvalue weighted by Crippen LogP contribution is 2.61. The Hall–Kier alpha value is 1.40. The van der Waals surface area contributed by atoms with E-state index >= 15 is 0 Å². The molecule has 0 unspecified atom stereocenters. The van der Waals surface area contributed by atoms with Gasteiger partial charge in [0.05, 0.1) is 12.7 Å². The van der Waals surface area contributed by atoms with E-state index in [1.807, 2.05) is 21.6 Å². The van der Waals surface area contributed by atoms with Crippen LogP contribution in [0.3, 0.4) is 0 Å². The van der Waals surface area contributed by atoms with Gasteiger partial charge in [0, 0.05) is 0 Å². The molecule has 14 heavy (non-hydrogen) atoms.